The highest BCUT2D eigenvalue weighted by Gasteiger charge is 2.07. The van der Waals surface area contributed by atoms with E-state index in [9.17, 15) is 0 Å². The van der Waals surface area contributed by atoms with Crippen molar-refractivity contribution in [3.05, 3.63) is 36.8 Å². The summed E-state index contributed by atoms with van der Waals surface area (Å²) >= 11 is 0. The number of hydrogen-bond acceptors (Lipinski definition) is 4. The van der Waals surface area contributed by atoms with E-state index in [0.29, 0.717) is 0 Å². The molecule has 0 atom stereocenters. The third kappa shape index (κ3) is 1.08. The van der Waals surface area contributed by atoms with Crippen LogP contribution < -0.4 is 0 Å². The minimum Gasteiger partial charge on any atom is -0.235 e. The Hall–Kier alpha value is -2.56. The lowest BCUT2D eigenvalue weighted by molar-refractivity contribution is 0.897. The highest BCUT2D eigenvalue weighted by molar-refractivity contribution is 6.13. The molecule has 2 heterocycles. The Morgan fingerprint density at radius 2 is 1.76 bits per heavy atom. The smallest absolute Gasteiger partial charge is 0.116 e. The molecule has 80 valence electrons. The monoisotopic (exact) mass is 221 g/mol. The van der Waals surface area contributed by atoms with Gasteiger partial charge in [-0.2, -0.15) is 15.4 Å². The van der Waals surface area contributed by atoms with Gasteiger partial charge in [-0.1, -0.05) is 12.1 Å². The van der Waals surface area contributed by atoms with Gasteiger partial charge in [0.1, 0.15) is 11.8 Å². The molecule has 2 aromatic carbocycles. The third-order valence-corrected chi connectivity index (χ3v) is 2.96. The molecule has 0 radical (unpaired) electrons. The van der Waals surface area contributed by atoms with Crippen molar-refractivity contribution in [2.45, 2.75) is 0 Å². The Kier molecular flexibility index (Phi) is 1.50. The van der Waals surface area contributed by atoms with Crippen molar-refractivity contribution in [3.8, 4) is 0 Å². The van der Waals surface area contributed by atoms with E-state index in [-0.39, 0.29) is 0 Å². The van der Waals surface area contributed by atoms with Crippen molar-refractivity contribution >= 4 is 32.7 Å². The van der Waals surface area contributed by atoms with Gasteiger partial charge < -0.3 is 0 Å². The maximum absolute atomic E-state index is 4.29. The van der Waals surface area contributed by atoms with Crippen LogP contribution in [0, 0.1) is 0 Å². The Balaban J connectivity index is 2.34. The molecule has 0 fully saturated rings. The van der Waals surface area contributed by atoms with E-state index in [0.717, 1.165) is 32.7 Å². The minimum atomic E-state index is 0.905. The molecule has 4 rings (SSSR count). The lowest BCUT2D eigenvalue weighted by Crippen LogP contribution is -1.88. The summed E-state index contributed by atoms with van der Waals surface area (Å²) in [6, 6.07) is 8.03. The largest absolute Gasteiger partial charge is 0.235 e. The molecule has 0 aliphatic heterocycles. The fourth-order valence-electron chi connectivity index (χ4n) is 2.17. The first kappa shape index (κ1) is 8.58. The number of rotatable bonds is 0. The maximum atomic E-state index is 4.29. The van der Waals surface area contributed by atoms with Gasteiger partial charge in [0.15, 0.2) is 0 Å². The molecule has 0 unspecified atom stereocenters. The topological polar surface area (TPSA) is 67.3 Å². The number of nitrogens with one attached hydrogen (secondary N) is 1. The Morgan fingerprint density at radius 3 is 2.76 bits per heavy atom. The standard InChI is InChI=1S/C12H7N5/c1-2-9-8(11-7(1)5-15-17-16-11)3-4-10-12(9)14-6-13-10/h1-6,17H. The molecule has 2 aromatic heterocycles. The van der Waals surface area contributed by atoms with Crippen LogP contribution in [0.1, 0.15) is 0 Å². The molecule has 5 heteroatoms. The quantitative estimate of drug-likeness (QED) is 0.461. The summed E-state index contributed by atoms with van der Waals surface area (Å²) < 4.78 is 0. The lowest BCUT2D eigenvalue weighted by atomic mass is 10.1. The van der Waals surface area contributed by atoms with Crippen molar-refractivity contribution < 1.29 is 0 Å². The number of aromatic amines is 1. The van der Waals surface area contributed by atoms with Crippen LogP contribution in [-0.4, -0.2) is 25.4 Å². The SMILES string of the molecule is c1nc2ccc3c(ccc4cn[nH]nc43)c2n1. The molecule has 0 bridgehead atoms. The summed E-state index contributed by atoms with van der Waals surface area (Å²) in [4.78, 5) is 8.49. The average Bonchev–Trinajstić information content (AvgIpc) is 2.86. The van der Waals surface area contributed by atoms with Crippen molar-refractivity contribution in [2.24, 2.45) is 0 Å². The second-order valence-corrected chi connectivity index (χ2v) is 3.88. The zero-order valence-corrected chi connectivity index (χ0v) is 8.75. The Bertz CT molecular complexity index is 849. The van der Waals surface area contributed by atoms with E-state index in [2.05, 4.69) is 25.4 Å². The van der Waals surface area contributed by atoms with Gasteiger partial charge in [0.05, 0.1) is 17.2 Å². The maximum Gasteiger partial charge on any atom is 0.116 e. The molecule has 1 N–H and O–H groups in total. The van der Waals surface area contributed by atoms with Crippen molar-refractivity contribution in [2.75, 3.05) is 0 Å². The first-order chi connectivity index (χ1) is 8.43. The molecule has 5 nitrogen and oxygen atoms in total. The molecular weight excluding hydrogens is 214 g/mol. The zero-order valence-electron chi connectivity index (χ0n) is 8.75. The van der Waals surface area contributed by atoms with E-state index >= 15 is 0 Å². The normalized spacial score (nSPS) is 11.5. The van der Waals surface area contributed by atoms with E-state index in [1.54, 1.807) is 12.5 Å². The number of H-pyrrole nitrogens is 1. The van der Waals surface area contributed by atoms with Crippen molar-refractivity contribution in [1.29, 1.82) is 0 Å². The van der Waals surface area contributed by atoms with Crippen molar-refractivity contribution in [3.63, 3.8) is 0 Å². The van der Waals surface area contributed by atoms with Crippen LogP contribution >= 0.6 is 0 Å². The van der Waals surface area contributed by atoms with Gasteiger partial charge in [-0.15, -0.1) is 0 Å². The number of nitrogens with zero attached hydrogens (tertiary/aromatic N) is 4. The van der Waals surface area contributed by atoms with Crippen LogP contribution in [-0.2, 0) is 0 Å². The Labute approximate surface area is 95.5 Å². The van der Waals surface area contributed by atoms with Gasteiger partial charge in [0, 0.05) is 16.2 Å². The van der Waals surface area contributed by atoms with E-state index < -0.39 is 0 Å². The molecule has 0 spiro atoms. The number of benzene rings is 2. The van der Waals surface area contributed by atoms with E-state index in [4.69, 9.17) is 0 Å². The number of hydrogen-bond donors (Lipinski definition) is 1. The molecule has 4 aromatic rings. The second-order valence-electron chi connectivity index (χ2n) is 3.88. The summed E-state index contributed by atoms with van der Waals surface area (Å²) in [6.07, 6.45) is 3.35. The fourth-order valence-corrected chi connectivity index (χ4v) is 2.17. The van der Waals surface area contributed by atoms with E-state index in [1.807, 2.05) is 24.3 Å². The van der Waals surface area contributed by atoms with Crippen LogP contribution in [0.3, 0.4) is 0 Å². The predicted molar refractivity (Wildman–Crippen MR) is 64.5 cm³/mol. The molecule has 0 saturated carbocycles. The number of fused-ring (bicyclic) bond motifs is 5. The predicted octanol–water partition coefficient (Wildman–Crippen LogP) is 2.05. The van der Waals surface area contributed by atoms with Gasteiger partial charge in [-0.3, -0.25) is 0 Å². The highest BCUT2D eigenvalue weighted by atomic mass is 15.3. The summed E-state index contributed by atoms with van der Waals surface area (Å²) in [7, 11) is 0. The fraction of sp³-hybridized carbons (Fsp3) is 0. The van der Waals surface area contributed by atoms with Crippen LogP contribution in [0.4, 0.5) is 0 Å². The second kappa shape index (κ2) is 2.98. The van der Waals surface area contributed by atoms with Gasteiger partial charge in [0.25, 0.3) is 0 Å². The lowest BCUT2D eigenvalue weighted by Gasteiger charge is -2.02. The molecule has 0 amide bonds. The van der Waals surface area contributed by atoms with Gasteiger partial charge in [0.2, 0.25) is 0 Å². The number of aromatic nitrogens is 5. The first-order valence-electron chi connectivity index (χ1n) is 5.25. The number of imidazole rings is 1. The summed E-state index contributed by atoms with van der Waals surface area (Å²) in [5.74, 6) is 0. The summed E-state index contributed by atoms with van der Waals surface area (Å²) in [5, 5.41) is 13.9. The van der Waals surface area contributed by atoms with Crippen molar-refractivity contribution in [1.82, 2.24) is 25.4 Å². The van der Waals surface area contributed by atoms with Crippen LogP contribution in [0.15, 0.2) is 36.8 Å². The van der Waals surface area contributed by atoms with Crippen LogP contribution in [0.25, 0.3) is 32.7 Å². The van der Waals surface area contributed by atoms with Crippen LogP contribution in [0.5, 0.6) is 0 Å². The minimum absolute atomic E-state index is 0.905. The zero-order chi connectivity index (χ0) is 11.2. The molecule has 0 saturated heterocycles. The molecule has 0 aliphatic rings. The molecule has 0 aliphatic carbocycles. The highest BCUT2D eigenvalue weighted by Crippen LogP contribution is 2.27. The van der Waals surface area contributed by atoms with Crippen LogP contribution in [0.2, 0.25) is 0 Å². The molecular formula is C12H7N5. The van der Waals surface area contributed by atoms with Gasteiger partial charge in [-0.25, -0.2) is 9.97 Å². The van der Waals surface area contributed by atoms with Gasteiger partial charge in [-0.05, 0) is 12.1 Å². The summed E-state index contributed by atoms with van der Waals surface area (Å²) in [6.45, 7) is 0. The van der Waals surface area contributed by atoms with Gasteiger partial charge >= 0.3 is 0 Å². The van der Waals surface area contributed by atoms with E-state index in [1.165, 1.54) is 0 Å². The summed E-state index contributed by atoms with van der Waals surface area (Å²) in [5.41, 5.74) is 2.74. The molecule has 17 heavy (non-hydrogen) atoms. The Morgan fingerprint density at radius 1 is 0.882 bits per heavy atom. The average molecular weight is 221 g/mol. The first-order valence-corrected chi connectivity index (χ1v) is 5.25. The third-order valence-electron chi connectivity index (χ3n) is 2.96.